The van der Waals surface area contributed by atoms with E-state index in [0.717, 1.165) is 16.7 Å². The van der Waals surface area contributed by atoms with Crippen LogP contribution >= 0.6 is 0 Å². The minimum absolute atomic E-state index is 0.202. The molecule has 30 heavy (non-hydrogen) atoms. The average Bonchev–Trinajstić information content (AvgIpc) is 3.11. The predicted octanol–water partition coefficient (Wildman–Crippen LogP) is 2.32. The number of hydrogen-bond donors (Lipinski definition) is 0. The Morgan fingerprint density at radius 1 is 1.03 bits per heavy atom. The van der Waals surface area contributed by atoms with Gasteiger partial charge in [-0.2, -0.15) is 14.3 Å². The Bertz CT molecular complexity index is 1250. The highest BCUT2D eigenvalue weighted by Gasteiger charge is 2.14. The Labute approximate surface area is 172 Å². The maximum Gasteiger partial charge on any atom is 0.368 e. The summed E-state index contributed by atoms with van der Waals surface area (Å²) in [5, 5.41) is 7.72. The van der Waals surface area contributed by atoms with Crippen LogP contribution in [0.2, 0.25) is 0 Å². The molecule has 2 heterocycles. The third kappa shape index (κ3) is 3.64. The Morgan fingerprint density at radius 2 is 1.87 bits per heavy atom. The van der Waals surface area contributed by atoms with Crippen LogP contribution in [0.5, 0.6) is 11.6 Å². The highest BCUT2D eigenvalue weighted by Crippen LogP contribution is 2.28. The maximum atomic E-state index is 12.3. The molecule has 4 rings (SSSR count). The van der Waals surface area contributed by atoms with Gasteiger partial charge in [-0.05, 0) is 41.1 Å². The van der Waals surface area contributed by atoms with Crippen LogP contribution in [0.25, 0.3) is 17.1 Å². The lowest BCUT2D eigenvalue weighted by atomic mass is 10.1. The van der Waals surface area contributed by atoms with Crippen molar-refractivity contribution in [1.82, 2.24) is 29.8 Å². The van der Waals surface area contributed by atoms with E-state index in [4.69, 9.17) is 9.47 Å². The lowest BCUT2D eigenvalue weighted by Crippen LogP contribution is -2.23. The van der Waals surface area contributed by atoms with Crippen LogP contribution in [0.1, 0.15) is 11.1 Å². The van der Waals surface area contributed by atoms with Gasteiger partial charge in [-0.1, -0.05) is 24.3 Å². The number of tetrazole rings is 1. The molecule has 0 bridgehead atoms. The summed E-state index contributed by atoms with van der Waals surface area (Å²) in [5.74, 6) is 1.59. The summed E-state index contributed by atoms with van der Waals surface area (Å²) >= 11 is 0. The van der Waals surface area contributed by atoms with Gasteiger partial charge >= 0.3 is 5.69 Å². The Morgan fingerprint density at radius 3 is 2.63 bits per heavy atom. The third-order valence-electron chi connectivity index (χ3n) is 4.68. The number of methoxy groups -OCH3 is 1. The Hall–Kier alpha value is -4.01. The van der Waals surface area contributed by atoms with Crippen molar-refractivity contribution in [3.8, 4) is 28.7 Å². The second kappa shape index (κ2) is 8.16. The summed E-state index contributed by atoms with van der Waals surface area (Å²) in [4.78, 5) is 21.1. The van der Waals surface area contributed by atoms with Crippen LogP contribution in [0.4, 0.5) is 0 Å². The fourth-order valence-electron chi connectivity index (χ4n) is 3.07. The van der Waals surface area contributed by atoms with Crippen molar-refractivity contribution in [1.29, 1.82) is 0 Å². The van der Waals surface area contributed by atoms with E-state index in [9.17, 15) is 4.79 Å². The highest BCUT2D eigenvalue weighted by molar-refractivity contribution is 5.64. The highest BCUT2D eigenvalue weighted by atomic mass is 16.5. The molecule has 0 amide bonds. The molecule has 0 saturated carbocycles. The zero-order valence-electron chi connectivity index (χ0n) is 16.8. The SMILES string of the molecule is COc1ccccc1-c1nccc(OCc2c(C)cccc2-n2nnn(C)c2=O)n1. The van der Waals surface area contributed by atoms with E-state index in [1.807, 2.05) is 49.4 Å². The zero-order valence-corrected chi connectivity index (χ0v) is 16.8. The largest absolute Gasteiger partial charge is 0.496 e. The minimum Gasteiger partial charge on any atom is -0.496 e. The molecule has 152 valence electrons. The van der Waals surface area contributed by atoms with Gasteiger partial charge in [-0.15, -0.1) is 0 Å². The molecule has 0 N–H and O–H groups in total. The second-order valence-corrected chi connectivity index (χ2v) is 6.58. The van der Waals surface area contributed by atoms with Gasteiger partial charge in [0.2, 0.25) is 5.88 Å². The molecule has 0 saturated heterocycles. The van der Waals surface area contributed by atoms with Gasteiger partial charge in [-0.3, -0.25) is 0 Å². The van der Waals surface area contributed by atoms with Crippen molar-refractivity contribution in [3.63, 3.8) is 0 Å². The average molecular weight is 404 g/mol. The van der Waals surface area contributed by atoms with Gasteiger partial charge in [0.15, 0.2) is 5.82 Å². The number of benzene rings is 2. The van der Waals surface area contributed by atoms with Crippen LogP contribution in [-0.2, 0) is 13.7 Å². The van der Waals surface area contributed by atoms with Crippen molar-refractivity contribution in [2.75, 3.05) is 7.11 Å². The predicted molar refractivity (Wildman–Crippen MR) is 110 cm³/mol. The van der Waals surface area contributed by atoms with Crippen molar-refractivity contribution < 1.29 is 9.47 Å². The van der Waals surface area contributed by atoms with Crippen molar-refractivity contribution >= 4 is 0 Å². The monoisotopic (exact) mass is 404 g/mol. The fraction of sp³-hybridized carbons (Fsp3) is 0.190. The summed E-state index contributed by atoms with van der Waals surface area (Å²) in [7, 11) is 3.16. The molecule has 0 radical (unpaired) electrons. The molecule has 0 aliphatic rings. The van der Waals surface area contributed by atoms with E-state index in [-0.39, 0.29) is 12.3 Å². The number of nitrogens with zero attached hydrogens (tertiary/aromatic N) is 6. The number of ether oxygens (including phenoxy) is 2. The molecule has 0 atom stereocenters. The minimum atomic E-state index is -0.331. The second-order valence-electron chi connectivity index (χ2n) is 6.58. The molecular formula is C21H20N6O3. The summed E-state index contributed by atoms with van der Waals surface area (Å²) in [5.41, 5.74) is 2.84. The molecule has 0 unspecified atom stereocenters. The molecule has 9 nitrogen and oxygen atoms in total. The first-order valence-corrected chi connectivity index (χ1v) is 9.25. The van der Waals surface area contributed by atoms with Crippen LogP contribution in [0.3, 0.4) is 0 Å². The normalized spacial score (nSPS) is 10.8. The number of para-hydroxylation sites is 1. The van der Waals surface area contributed by atoms with E-state index in [1.165, 1.54) is 9.36 Å². The topological polar surface area (TPSA) is 97.0 Å². The van der Waals surface area contributed by atoms with Crippen LogP contribution in [-0.4, -0.2) is 36.9 Å². The van der Waals surface area contributed by atoms with Gasteiger partial charge in [0.25, 0.3) is 0 Å². The number of aromatic nitrogens is 6. The number of rotatable bonds is 6. The van der Waals surface area contributed by atoms with E-state index >= 15 is 0 Å². The molecule has 0 aliphatic heterocycles. The summed E-state index contributed by atoms with van der Waals surface area (Å²) < 4.78 is 13.8. The van der Waals surface area contributed by atoms with Gasteiger partial charge in [-0.25, -0.2) is 9.78 Å². The first-order valence-electron chi connectivity index (χ1n) is 9.25. The molecule has 4 aromatic rings. The van der Waals surface area contributed by atoms with Crippen molar-refractivity contribution in [3.05, 3.63) is 76.3 Å². The quantitative estimate of drug-likeness (QED) is 0.486. The number of hydrogen-bond acceptors (Lipinski definition) is 7. The molecular weight excluding hydrogens is 384 g/mol. The standard InChI is InChI=1S/C21H20N6O3/c1-14-7-6-9-17(27-21(28)26(2)24-25-27)16(14)13-30-19-11-12-22-20(23-19)15-8-4-5-10-18(15)29-3/h4-12H,13H2,1-3H3. The van der Waals surface area contributed by atoms with Gasteiger partial charge < -0.3 is 9.47 Å². The third-order valence-corrected chi connectivity index (χ3v) is 4.68. The van der Waals surface area contributed by atoms with E-state index < -0.39 is 0 Å². The van der Waals surface area contributed by atoms with Crippen LogP contribution < -0.4 is 15.2 Å². The molecule has 2 aromatic heterocycles. The van der Waals surface area contributed by atoms with Crippen molar-refractivity contribution in [2.45, 2.75) is 13.5 Å². The molecule has 2 aromatic carbocycles. The Balaban J connectivity index is 1.64. The lowest BCUT2D eigenvalue weighted by molar-refractivity contribution is 0.292. The Kier molecular flexibility index (Phi) is 5.25. The summed E-state index contributed by atoms with van der Waals surface area (Å²) in [6.07, 6.45) is 1.63. The smallest absolute Gasteiger partial charge is 0.368 e. The van der Waals surface area contributed by atoms with Crippen molar-refractivity contribution in [2.24, 2.45) is 7.05 Å². The summed E-state index contributed by atoms with van der Waals surface area (Å²) in [6.45, 7) is 2.15. The summed E-state index contributed by atoms with van der Waals surface area (Å²) in [6, 6.07) is 14.8. The molecule has 0 spiro atoms. The van der Waals surface area contributed by atoms with Crippen LogP contribution in [0, 0.1) is 6.92 Å². The van der Waals surface area contributed by atoms with E-state index in [1.54, 1.807) is 26.4 Å². The van der Waals surface area contributed by atoms with Gasteiger partial charge in [0.1, 0.15) is 12.4 Å². The lowest BCUT2D eigenvalue weighted by Gasteiger charge is -2.13. The fourth-order valence-corrected chi connectivity index (χ4v) is 3.07. The first kappa shape index (κ1) is 19.3. The van der Waals surface area contributed by atoms with Crippen LogP contribution in [0.15, 0.2) is 59.5 Å². The van der Waals surface area contributed by atoms with Gasteiger partial charge in [0, 0.05) is 24.9 Å². The first-order chi connectivity index (χ1) is 14.6. The number of aryl methyl sites for hydroxylation is 2. The molecule has 0 fully saturated rings. The van der Waals surface area contributed by atoms with Gasteiger partial charge in [0.05, 0.1) is 18.4 Å². The van der Waals surface area contributed by atoms with E-state index in [0.29, 0.717) is 23.1 Å². The molecule has 0 aliphatic carbocycles. The maximum absolute atomic E-state index is 12.3. The zero-order chi connectivity index (χ0) is 21.1. The molecule has 9 heteroatoms. The van der Waals surface area contributed by atoms with E-state index in [2.05, 4.69) is 20.4 Å².